The molecule has 1 unspecified atom stereocenters. The standard InChI is InChI=1S/C12H9BrClNO3/c1-2-3-10(12(17)18)15-11(16)8-5-4-7(13)6-9(8)14/h1,4-6,10H,3H2,(H,15,16)(H,17,18). The normalized spacial score (nSPS) is 11.4. The summed E-state index contributed by atoms with van der Waals surface area (Å²) in [5, 5.41) is 11.4. The van der Waals surface area contributed by atoms with Crippen molar-refractivity contribution in [2.75, 3.05) is 0 Å². The molecule has 0 aliphatic heterocycles. The molecule has 1 aromatic carbocycles. The van der Waals surface area contributed by atoms with Crippen LogP contribution in [0.3, 0.4) is 0 Å². The molecule has 0 bridgehead atoms. The molecule has 2 N–H and O–H groups in total. The van der Waals surface area contributed by atoms with E-state index in [1.807, 2.05) is 0 Å². The molecule has 0 heterocycles. The number of nitrogens with one attached hydrogen (secondary N) is 1. The van der Waals surface area contributed by atoms with Gasteiger partial charge in [-0.25, -0.2) is 4.79 Å². The van der Waals surface area contributed by atoms with Gasteiger partial charge >= 0.3 is 5.97 Å². The highest BCUT2D eigenvalue weighted by molar-refractivity contribution is 9.10. The maximum Gasteiger partial charge on any atom is 0.327 e. The Bertz CT molecular complexity index is 525. The maximum atomic E-state index is 11.8. The number of halogens is 2. The lowest BCUT2D eigenvalue weighted by Gasteiger charge is -2.12. The van der Waals surface area contributed by atoms with Crippen LogP contribution in [0.1, 0.15) is 16.8 Å². The molecule has 0 spiro atoms. The van der Waals surface area contributed by atoms with Crippen molar-refractivity contribution in [3.8, 4) is 12.3 Å². The summed E-state index contributed by atoms with van der Waals surface area (Å²) in [4.78, 5) is 22.7. The average Bonchev–Trinajstić information content (AvgIpc) is 2.27. The van der Waals surface area contributed by atoms with Gasteiger partial charge in [-0.3, -0.25) is 4.79 Å². The fourth-order valence-electron chi connectivity index (χ4n) is 1.23. The highest BCUT2D eigenvalue weighted by Gasteiger charge is 2.20. The fraction of sp³-hybridized carbons (Fsp3) is 0.167. The Kier molecular flexibility index (Phi) is 5.20. The number of aliphatic carboxylic acids is 1. The molecule has 6 heteroatoms. The largest absolute Gasteiger partial charge is 0.480 e. The molecule has 1 aromatic rings. The van der Waals surface area contributed by atoms with E-state index in [9.17, 15) is 9.59 Å². The first-order valence-corrected chi connectivity index (χ1v) is 6.05. The number of rotatable bonds is 4. The van der Waals surface area contributed by atoms with Gasteiger partial charge in [0, 0.05) is 10.9 Å². The molecule has 1 rings (SSSR count). The Morgan fingerprint density at radius 2 is 2.22 bits per heavy atom. The molecule has 0 aliphatic carbocycles. The molecule has 4 nitrogen and oxygen atoms in total. The van der Waals surface area contributed by atoms with E-state index in [0.29, 0.717) is 0 Å². The molecule has 0 saturated heterocycles. The van der Waals surface area contributed by atoms with Crippen molar-refractivity contribution in [3.05, 3.63) is 33.3 Å². The van der Waals surface area contributed by atoms with Crippen LogP contribution in [-0.2, 0) is 4.79 Å². The number of carboxylic acid groups (broad SMARTS) is 1. The van der Waals surface area contributed by atoms with Crippen LogP contribution in [-0.4, -0.2) is 23.0 Å². The third-order valence-corrected chi connectivity index (χ3v) is 2.91. The minimum atomic E-state index is -1.19. The zero-order valence-corrected chi connectivity index (χ0v) is 11.5. The van der Waals surface area contributed by atoms with Crippen molar-refractivity contribution < 1.29 is 14.7 Å². The molecule has 0 fully saturated rings. The average molecular weight is 331 g/mol. The van der Waals surface area contributed by atoms with Gasteiger partial charge in [0.25, 0.3) is 5.91 Å². The summed E-state index contributed by atoms with van der Waals surface area (Å²) in [5.41, 5.74) is 0.197. The first-order chi connectivity index (χ1) is 8.45. The number of hydrogen-bond donors (Lipinski definition) is 2. The van der Waals surface area contributed by atoms with Crippen molar-refractivity contribution in [3.63, 3.8) is 0 Å². The smallest absolute Gasteiger partial charge is 0.327 e. The minimum absolute atomic E-state index is 0.0881. The third-order valence-electron chi connectivity index (χ3n) is 2.10. The van der Waals surface area contributed by atoms with Crippen LogP contribution in [0.2, 0.25) is 5.02 Å². The Hall–Kier alpha value is -1.51. The van der Waals surface area contributed by atoms with Gasteiger partial charge in [-0.2, -0.15) is 0 Å². The van der Waals surface area contributed by atoms with E-state index in [0.717, 1.165) is 4.47 Å². The van der Waals surface area contributed by atoms with E-state index < -0.39 is 17.9 Å². The van der Waals surface area contributed by atoms with Gasteiger partial charge in [0.2, 0.25) is 0 Å². The van der Waals surface area contributed by atoms with Crippen molar-refractivity contribution in [2.24, 2.45) is 0 Å². The highest BCUT2D eigenvalue weighted by Crippen LogP contribution is 2.21. The second-order valence-corrected chi connectivity index (χ2v) is 4.72. The summed E-state index contributed by atoms with van der Waals surface area (Å²) >= 11 is 9.09. The first kappa shape index (κ1) is 14.6. The van der Waals surface area contributed by atoms with Crippen LogP contribution in [0.15, 0.2) is 22.7 Å². The summed E-state index contributed by atoms with van der Waals surface area (Å²) in [5.74, 6) is 0.434. The summed E-state index contributed by atoms with van der Waals surface area (Å²) in [6.07, 6.45) is 4.95. The lowest BCUT2D eigenvalue weighted by Crippen LogP contribution is -2.40. The van der Waals surface area contributed by atoms with Crippen LogP contribution in [0.25, 0.3) is 0 Å². The Labute approximate surface area is 117 Å². The second kappa shape index (κ2) is 6.43. The van der Waals surface area contributed by atoms with Crippen LogP contribution < -0.4 is 5.32 Å². The number of terminal acetylenes is 1. The molecule has 1 amide bonds. The number of amides is 1. The lowest BCUT2D eigenvalue weighted by molar-refractivity contribution is -0.139. The van der Waals surface area contributed by atoms with Crippen LogP contribution in [0.5, 0.6) is 0 Å². The fourth-order valence-corrected chi connectivity index (χ4v) is 1.99. The van der Waals surface area contributed by atoms with Crippen LogP contribution in [0.4, 0.5) is 0 Å². The zero-order chi connectivity index (χ0) is 13.7. The van der Waals surface area contributed by atoms with E-state index >= 15 is 0 Å². The summed E-state index contributed by atoms with van der Waals surface area (Å²) in [6, 6.07) is 3.56. The molecule has 18 heavy (non-hydrogen) atoms. The van der Waals surface area contributed by atoms with E-state index in [2.05, 4.69) is 27.2 Å². The van der Waals surface area contributed by atoms with Crippen molar-refractivity contribution in [1.82, 2.24) is 5.32 Å². The topological polar surface area (TPSA) is 66.4 Å². The number of benzene rings is 1. The number of carbonyl (C=O) groups excluding carboxylic acids is 1. The Morgan fingerprint density at radius 1 is 1.56 bits per heavy atom. The molecule has 0 aromatic heterocycles. The van der Waals surface area contributed by atoms with Gasteiger partial charge in [-0.05, 0) is 18.2 Å². The molecule has 0 saturated carbocycles. The Morgan fingerprint density at radius 3 is 2.72 bits per heavy atom. The van der Waals surface area contributed by atoms with Crippen LogP contribution in [0, 0.1) is 12.3 Å². The number of carboxylic acids is 1. The second-order valence-electron chi connectivity index (χ2n) is 3.40. The molecule has 1 atom stereocenters. The first-order valence-electron chi connectivity index (χ1n) is 4.88. The monoisotopic (exact) mass is 329 g/mol. The zero-order valence-electron chi connectivity index (χ0n) is 9.11. The van der Waals surface area contributed by atoms with Gasteiger partial charge in [0.15, 0.2) is 0 Å². The van der Waals surface area contributed by atoms with E-state index in [4.69, 9.17) is 23.1 Å². The molecular formula is C12H9BrClNO3. The summed E-state index contributed by atoms with van der Waals surface area (Å²) < 4.78 is 0.724. The number of hydrogen-bond acceptors (Lipinski definition) is 2. The lowest BCUT2D eigenvalue weighted by atomic mass is 10.1. The van der Waals surface area contributed by atoms with Gasteiger partial charge in [0.1, 0.15) is 6.04 Å². The molecule has 0 aliphatic rings. The van der Waals surface area contributed by atoms with E-state index in [1.165, 1.54) is 6.07 Å². The van der Waals surface area contributed by atoms with Crippen molar-refractivity contribution in [2.45, 2.75) is 12.5 Å². The van der Waals surface area contributed by atoms with Gasteiger partial charge in [-0.1, -0.05) is 27.5 Å². The van der Waals surface area contributed by atoms with Gasteiger partial charge in [0.05, 0.1) is 10.6 Å². The van der Waals surface area contributed by atoms with Crippen molar-refractivity contribution in [1.29, 1.82) is 0 Å². The summed E-state index contributed by atoms with van der Waals surface area (Å²) in [7, 11) is 0. The Balaban J connectivity index is 2.87. The third kappa shape index (κ3) is 3.76. The van der Waals surface area contributed by atoms with Crippen molar-refractivity contribution >= 4 is 39.4 Å². The predicted octanol–water partition coefficient (Wildman–Crippen LogP) is 2.31. The minimum Gasteiger partial charge on any atom is -0.480 e. The highest BCUT2D eigenvalue weighted by atomic mass is 79.9. The molecule has 94 valence electrons. The predicted molar refractivity (Wildman–Crippen MR) is 71.5 cm³/mol. The number of carbonyl (C=O) groups is 2. The van der Waals surface area contributed by atoms with Gasteiger partial charge in [-0.15, -0.1) is 12.3 Å². The SMILES string of the molecule is C#CCC(NC(=O)c1ccc(Br)cc1Cl)C(=O)O. The van der Waals surface area contributed by atoms with Crippen LogP contribution >= 0.6 is 27.5 Å². The molecular weight excluding hydrogens is 321 g/mol. The van der Waals surface area contributed by atoms with E-state index in [-0.39, 0.29) is 17.0 Å². The quantitative estimate of drug-likeness (QED) is 0.833. The maximum absolute atomic E-state index is 11.8. The molecule has 0 radical (unpaired) electrons. The summed E-state index contributed by atoms with van der Waals surface area (Å²) in [6.45, 7) is 0. The van der Waals surface area contributed by atoms with Gasteiger partial charge < -0.3 is 10.4 Å². The van der Waals surface area contributed by atoms with E-state index in [1.54, 1.807) is 12.1 Å².